The van der Waals surface area contributed by atoms with Crippen LogP contribution in [0.2, 0.25) is 5.02 Å². The first-order chi connectivity index (χ1) is 12.9. The maximum Gasteiger partial charge on any atom is 0.345 e. The SMILES string of the molecule is O=C(O)c1cc2c(s1)CCOC21CCN(C(=O)c2cc(Cl)ccc2F)CC1. The van der Waals surface area contributed by atoms with Gasteiger partial charge in [0.05, 0.1) is 17.8 Å². The monoisotopic (exact) mass is 409 g/mol. The van der Waals surface area contributed by atoms with Crippen LogP contribution in [-0.2, 0) is 16.8 Å². The van der Waals surface area contributed by atoms with Gasteiger partial charge in [0.1, 0.15) is 10.7 Å². The first kappa shape index (κ1) is 18.4. The van der Waals surface area contributed by atoms with Crippen molar-refractivity contribution in [1.82, 2.24) is 4.90 Å². The lowest BCUT2D eigenvalue weighted by atomic mass is 9.82. The number of hydrogen-bond donors (Lipinski definition) is 1. The highest BCUT2D eigenvalue weighted by Gasteiger charge is 2.43. The summed E-state index contributed by atoms with van der Waals surface area (Å²) in [6.07, 6.45) is 1.79. The average Bonchev–Trinajstić information content (AvgIpc) is 3.10. The topological polar surface area (TPSA) is 66.8 Å². The van der Waals surface area contributed by atoms with Gasteiger partial charge >= 0.3 is 5.97 Å². The second-order valence-electron chi connectivity index (χ2n) is 6.76. The number of nitrogens with zero attached hydrogens (tertiary/aromatic N) is 1. The van der Waals surface area contributed by atoms with Gasteiger partial charge in [-0.15, -0.1) is 11.3 Å². The molecule has 1 N–H and O–H groups in total. The van der Waals surface area contributed by atoms with Crippen LogP contribution in [0.4, 0.5) is 4.39 Å². The maximum atomic E-state index is 14.0. The van der Waals surface area contributed by atoms with Crippen molar-refractivity contribution in [2.45, 2.75) is 24.9 Å². The maximum absolute atomic E-state index is 14.0. The molecule has 1 spiro atoms. The van der Waals surface area contributed by atoms with Gasteiger partial charge < -0.3 is 14.7 Å². The van der Waals surface area contributed by atoms with Crippen LogP contribution in [0.15, 0.2) is 24.3 Å². The lowest BCUT2D eigenvalue weighted by molar-refractivity contribution is -0.0926. The van der Waals surface area contributed by atoms with Crippen LogP contribution in [0.3, 0.4) is 0 Å². The van der Waals surface area contributed by atoms with Gasteiger partial charge in [0.2, 0.25) is 0 Å². The third kappa shape index (κ3) is 3.24. The number of carbonyl (C=O) groups excluding carboxylic acids is 1. The molecule has 2 aliphatic rings. The van der Waals surface area contributed by atoms with Crippen LogP contribution in [0.1, 0.15) is 43.3 Å². The fourth-order valence-corrected chi connectivity index (χ4v) is 5.08. The van der Waals surface area contributed by atoms with Gasteiger partial charge in [-0.1, -0.05) is 11.6 Å². The number of likely N-dealkylation sites (tertiary alicyclic amines) is 1. The molecule has 27 heavy (non-hydrogen) atoms. The van der Waals surface area contributed by atoms with Crippen LogP contribution >= 0.6 is 22.9 Å². The van der Waals surface area contributed by atoms with E-state index in [4.69, 9.17) is 16.3 Å². The Labute approximate surface area is 164 Å². The molecule has 2 aliphatic heterocycles. The molecule has 142 valence electrons. The first-order valence-corrected chi connectivity index (χ1v) is 9.84. The van der Waals surface area contributed by atoms with E-state index in [0.717, 1.165) is 10.4 Å². The summed E-state index contributed by atoms with van der Waals surface area (Å²) in [4.78, 5) is 27.0. The second-order valence-corrected chi connectivity index (χ2v) is 8.33. The largest absolute Gasteiger partial charge is 0.477 e. The van der Waals surface area contributed by atoms with E-state index < -0.39 is 23.3 Å². The van der Waals surface area contributed by atoms with Crippen LogP contribution in [0, 0.1) is 5.82 Å². The third-order valence-corrected chi connectivity index (χ3v) is 6.65. The van der Waals surface area contributed by atoms with E-state index in [9.17, 15) is 19.1 Å². The third-order valence-electron chi connectivity index (χ3n) is 5.24. The van der Waals surface area contributed by atoms with Gasteiger partial charge in [-0.05, 0) is 42.7 Å². The van der Waals surface area contributed by atoms with Gasteiger partial charge in [-0.2, -0.15) is 0 Å². The lowest BCUT2D eigenvalue weighted by Gasteiger charge is -2.44. The summed E-state index contributed by atoms with van der Waals surface area (Å²) in [5.41, 5.74) is 0.325. The number of piperidine rings is 1. The first-order valence-electron chi connectivity index (χ1n) is 8.64. The number of carbonyl (C=O) groups is 2. The van der Waals surface area contributed by atoms with E-state index in [1.807, 2.05) is 0 Å². The molecule has 1 aromatic heterocycles. The fourth-order valence-electron chi connectivity index (χ4n) is 3.84. The van der Waals surface area contributed by atoms with Crippen molar-refractivity contribution in [3.63, 3.8) is 0 Å². The van der Waals surface area contributed by atoms with Crippen LogP contribution in [0.5, 0.6) is 0 Å². The van der Waals surface area contributed by atoms with Crippen molar-refractivity contribution in [2.24, 2.45) is 0 Å². The molecule has 0 radical (unpaired) electrons. The smallest absolute Gasteiger partial charge is 0.345 e. The van der Waals surface area contributed by atoms with E-state index in [2.05, 4.69) is 0 Å². The number of fused-ring (bicyclic) bond motifs is 2. The summed E-state index contributed by atoms with van der Waals surface area (Å²) in [7, 11) is 0. The number of carboxylic acid groups (broad SMARTS) is 1. The molecule has 8 heteroatoms. The number of halogens is 2. The quantitative estimate of drug-likeness (QED) is 0.815. The Hall–Kier alpha value is -1.96. The Morgan fingerprint density at radius 3 is 2.70 bits per heavy atom. The number of benzene rings is 1. The van der Waals surface area contributed by atoms with Crippen molar-refractivity contribution in [2.75, 3.05) is 19.7 Å². The highest BCUT2D eigenvalue weighted by molar-refractivity contribution is 7.14. The van der Waals surface area contributed by atoms with Crippen LogP contribution < -0.4 is 0 Å². The molecule has 0 saturated carbocycles. The number of aromatic carboxylic acids is 1. The highest BCUT2D eigenvalue weighted by atomic mass is 35.5. The molecular weight excluding hydrogens is 393 g/mol. The predicted octanol–water partition coefficient (Wildman–Crippen LogP) is 3.94. The van der Waals surface area contributed by atoms with E-state index in [1.165, 1.54) is 29.5 Å². The second kappa shape index (κ2) is 6.89. The van der Waals surface area contributed by atoms with Gasteiger partial charge in [0.25, 0.3) is 5.91 Å². The van der Waals surface area contributed by atoms with E-state index >= 15 is 0 Å². The number of hydrogen-bond acceptors (Lipinski definition) is 4. The van der Waals surface area contributed by atoms with Gasteiger partial charge in [0, 0.05) is 29.4 Å². The Balaban J connectivity index is 1.55. The fraction of sp³-hybridized carbons (Fsp3) is 0.368. The molecule has 2 aromatic rings. The molecular formula is C19H17ClFNO4S. The summed E-state index contributed by atoms with van der Waals surface area (Å²) in [5, 5.41) is 9.59. The standard InChI is InChI=1S/C19H17ClFNO4S/c20-11-1-2-14(21)12(9-11)17(23)22-6-4-19(5-7-22)13-10-16(18(24)25)27-15(13)3-8-26-19/h1-2,9-10H,3-8H2,(H,24,25). The average molecular weight is 410 g/mol. The van der Waals surface area contributed by atoms with E-state index in [-0.39, 0.29) is 5.56 Å². The normalized spacial score (nSPS) is 18.4. The molecule has 1 fully saturated rings. The zero-order valence-corrected chi connectivity index (χ0v) is 15.9. The molecule has 1 aromatic carbocycles. The van der Waals surface area contributed by atoms with Gasteiger partial charge in [-0.25, -0.2) is 9.18 Å². The number of carboxylic acids is 1. The summed E-state index contributed by atoms with van der Waals surface area (Å²) < 4.78 is 20.1. The van der Waals surface area contributed by atoms with E-state index in [1.54, 1.807) is 11.0 Å². The molecule has 3 heterocycles. The van der Waals surface area contributed by atoms with E-state index in [0.29, 0.717) is 48.9 Å². The minimum Gasteiger partial charge on any atom is -0.477 e. The van der Waals surface area contributed by atoms with Crippen molar-refractivity contribution in [1.29, 1.82) is 0 Å². The van der Waals surface area contributed by atoms with Gasteiger partial charge in [-0.3, -0.25) is 4.79 Å². The molecule has 1 saturated heterocycles. The van der Waals surface area contributed by atoms with Crippen molar-refractivity contribution < 1.29 is 23.8 Å². The molecule has 1 amide bonds. The number of amides is 1. The molecule has 0 unspecified atom stereocenters. The minimum absolute atomic E-state index is 0.0348. The number of ether oxygens (including phenoxy) is 1. The summed E-state index contributed by atoms with van der Waals surface area (Å²) in [6.45, 7) is 1.34. The molecule has 0 aliphatic carbocycles. The van der Waals surface area contributed by atoms with Crippen molar-refractivity contribution >= 4 is 34.8 Å². The molecule has 0 bridgehead atoms. The van der Waals surface area contributed by atoms with Crippen molar-refractivity contribution in [3.05, 3.63) is 56.0 Å². The summed E-state index contributed by atoms with van der Waals surface area (Å²) >= 11 is 7.19. The number of thiophene rings is 1. The predicted molar refractivity (Wildman–Crippen MR) is 99.2 cm³/mol. The van der Waals surface area contributed by atoms with Crippen LogP contribution in [0.25, 0.3) is 0 Å². The Morgan fingerprint density at radius 2 is 2.00 bits per heavy atom. The van der Waals surface area contributed by atoms with Gasteiger partial charge in [0.15, 0.2) is 0 Å². The van der Waals surface area contributed by atoms with Crippen molar-refractivity contribution in [3.8, 4) is 0 Å². The minimum atomic E-state index is -0.936. The lowest BCUT2D eigenvalue weighted by Crippen LogP contribution is -2.48. The summed E-state index contributed by atoms with van der Waals surface area (Å²) in [6, 6.07) is 5.65. The summed E-state index contributed by atoms with van der Waals surface area (Å²) in [5.74, 6) is -1.92. The molecule has 5 nitrogen and oxygen atoms in total. The zero-order valence-electron chi connectivity index (χ0n) is 14.3. The molecule has 4 rings (SSSR count). The Morgan fingerprint density at radius 1 is 1.26 bits per heavy atom. The Bertz CT molecular complexity index is 920. The molecule has 0 atom stereocenters. The highest BCUT2D eigenvalue weighted by Crippen LogP contribution is 2.44. The Kier molecular flexibility index (Phi) is 4.70. The number of rotatable bonds is 2. The zero-order chi connectivity index (χ0) is 19.2. The van der Waals surface area contributed by atoms with Crippen LogP contribution in [-0.4, -0.2) is 41.6 Å².